The second-order valence-electron chi connectivity index (χ2n) is 10.8. The molecule has 0 spiro atoms. The number of benzene rings is 4. The molecule has 1 atom stereocenters. The summed E-state index contributed by atoms with van der Waals surface area (Å²) in [5, 5.41) is 3.76. The molecule has 4 rings (SSSR count). The van der Waals surface area contributed by atoms with Crippen LogP contribution in [0, 0.1) is 13.8 Å². The summed E-state index contributed by atoms with van der Waals surface area (Å²) in [6.07, 6.45) is 0.933. The number of rotatable bonds is 13. The Bertz CT molecular complexity index is 1730. The average molecular weight is 667 g/mol. The Kier molecular flexibility index (Phi) is 11.7. The standard InChI is InChI=1S/C35H37Cl2N3O4S/c1-4-20-38-35(42)33(22-27-10-6-5-7-11-27)39(23-28-12-8-9-13-32(28)37)34(41)24-40(30-17-14-25(2)26(3)21-30)45(43,44)31-18-15-29(36)16-19-31/h5-19,21,33H,4,20,22-24H2,1-3H3,(H,38,42)/t33-/m1/s1. The van der Waals surface area contributed by atoms with Crippen molar-refractivity contribution in [1.82, 2.24) is 10.2 Å². The maximum absolute atomic E-state index is 14.5. The molecule has 0 aliphatic heterocycles. The zero-order valence-corrected chi connectivity index (χ0v) is 27.9. The maximum atomic E-state index is 14.5. The molecule has 0 aliphatic rings. The predicted molar refractivity (Wildman–Crippen MR) is 181 cm³/mol. The maximum Gasteiger partial charge on any atom is 0.264 e. The molecule has 0 unspecified atom stereocenters. The van der Waals surface area contributed by atoms with Crippen LogP contribution in [0.3, 0.4) is 0 Å². The van der Waals surface area contributed by atoms with Crippen molar-refractivity contribution in [3.63, 3.8) is 0 Å². The molecule has 0 saturated carbocycles. The van der Waals surface area contributed by atoms with Crippen LogP contribution >= 0.6 is 23.2 Å². The van der Waals surface area contributed by atoms with Gasteiger partial charge in [0.15, 0.2) is 0 Å². The highest BCUT2D eigenvalue weighted by molar-refractivity contribution is 7.92. The summed E-state index contributed by atoms with van der Waals surface area (Å²) in [5.74, 6) is -0.891. The Morgan fingerprint density at radius 1 is 0.844 bits per heavy atom. The highest BCUT2D eigenvalue weighted by atomic mass is 35.5. The Morgan fingerprint density at radius 3 is 2.16 bits per heavy atom. The van der Waals surface area contributed by atoms with Crippen LogP contribution in [0.5, 0.6) is 0 Å². The zero-order valence-electron chi connectivity index (χ0n) is 25.5. The van der Waals surface area contributed by atoms with Gasteiger partial charge >= 0.3 is 0 Å². The van der Waals surface area contributed by atoms with Crippen molar-refractivity contribution >= 4 is 50.7 Å². The van der Waals surface area contributed by atoms with Gasteiger partial charge in [-0.1, -0.05) is 84.7 Å². The lowest BCUT2D eigenvalue weighted by atomic mass is 10.0. The van der Waals surface area contributed by atoms with E-state index in [9.17, 15) is 18.0 Å². The van der Waals surface area contributed by atoms with Gasteiger partial charge in [0.2, 0.25) is 11.8 Å². The van der Waals surface area contributed by atoms with E-state index < -0.39 is 28.5 Å². The van der Waals surface area contributed by atoms with Gasteiger partial charge in [0, 0.05) is 29.6 Å². The van der Waals surface area contributed by atoms with Crippen LogP contribution in [0.25, 0.3) is 0 Å². The first-order chi connectivity index (χ1) is 21.5. The fraction of sp³-hybridized carbons (Fsp3) is 0.257. The van der Waals surface area contributed by atoms with E-state index in [-0.39, 0.29) is 23.8 Å². The first-order valence-corrected chi connectivity index (χ1v) is 16.9. The number of halogens is 2. The van der Waals surface area contributed by atoms with E-state index in [0.717, 1.165) is 21.0 Å². The fourth-order valence-corrected chi connectivity index (χ4v) is 6.60. The summed E-state index contributed by atoms with van der Waals surface area (Å²) < 4.78 is 29.4. The minimum Gasteiger partial charge on any atom is -0.354 e. The molecular formula is C35H37Cl2N3O4S. The molecule has 7 nitrogen and oxygen atoms in total. The fourth-order valence-electron chi connectivity index (χ4n) is 4.87. The van der Waals surface area contributed by atoms with Gasteiger partial charge in [-0.25, -0.2) is 8.42 Å². The van der Waals surface area contributed by atoms with Gasteiger partial charge in [-0.2, -0.15) is 0 Å². The molecule has 0 aromatic heterocycles. The number of aryl methyl sites for hydroxylation is 2. The third-order valence-electron chi connectivity index (χ3n) is 7.58. The Morgan fingerprint density at radius 2 is 1.51 bits per heavy atom. The molecule has 0 radical (unpaired) electrons. The van der Waals surface area contributed by atoms with E-state index in [0.29, 0.717) is 34.3 Å². The van der Waals surface area contributed by atoms with Crippen molar-refractivity contribution in [3.8, 4) is 0 Å². The third-order valence-corrected chi connectivity index (χ3v) is 9.99. The molecule has 45 heavy (non-hydrogen) atoms. The van der Waals surface area contributed by atoms with E-state index in [1.165, 1.54) is 29.2 Å². The van der Waals surface area contributed by atoms with E-state index >= 15 is 0 Å². The van der Waals surface area contributed by atoms with Crippen LogP contribution in [0.15, 0.2) is 102 Å². The Hall–Kier alpha value is -3.85. The molecule has 0 heterocycles. The molecule has 10 heteroatoms. The van der Waals surface area contributed by atoms with Crippen LogP contribution in [0.1, 0.15) is 35.6 Å². The molecule has 1 N–H and O–H groups in total. The van der Waals surface area contributed by atoms with Gasteiger partial charge in [0.1, 0.15) is 12.6 Å². The van der Waals surface area contributed by atoms with Gasteiger partial charge in [-0.15, -0.1) is 0 Å². The molecular weight excluding hydrogens is 629 g/mol. The third kappa shape index (κ3) is 8.66. The van der Waals surface area contributed by atoms with Crippen molar-refractivity contribution in [2.24, 2.45) is 0 Å². The van der Waals surface area contributed by atoms with Crippen molar-refractivity contribution in [3.05, 3.63) is 129 Å². The van der Waals surface area contributed by atoms with Crippen molar-refractivity contribution in [1.29, 1.82) is 0 Å². The molecule has 2 amide bonds. The Balaban J connectivity index is 1.82. The molecule has 0 aliphatic carbocycles. The van der Waals surface area contributed by atoms with Gasteiger partial charge in [0.05, 0.1) is 10.6 Å². The zero-order chi connectivity index (χ0) is 32.6. The van der Waals surface area contributed by atoms with Crippen LogP contribution < -0.4 is 9.62 Å². The topological polar surface area (TPSA) is 86.8 Å². The van der Waals surface area contributed by atoms with Crippen LogP contribution in [0.2, 0.25) is 10.0 Å². The minimum atomic E-state index is -4.23. The second kappa shape index (κ2) is 15.4. The number of nitrogens with zero attached hydrogens (tertiary/aromatic N) is 2. The van der Waals surface area contributed by atoms with E-state index in [2.05, 4.69) is 5.32 Å². The number of hydrogen-bond acceptors (Lipinski definition) is 4. The average Bonchev–Trinajstić information content (AvgIpc) is 3.03. The lowest BCUT2D eigenvalue weighted by molar-refractivity contribution is -0.140. The predicted octanol–water partition coefficient (Wildman–Crippen LogP) is 6.97. The van der Waals surface area contributed by atoms with Gasteiger partial charge in [0.25, 0.3) is 10.0 Å². The summed E-state index contributed by atoms with van der Waals surface area (Å²) >= 11 is 12.6. The molecule has 0 fully saturated rings. The van der Waals surface area contributed by atoms with Crippen molar-refractivity contribution in [2.45, 2.75) is 51.1 Å². The highest BCUT2D eigenvalue weighted by Crippen LogP contribution is 2.28. The monoisotopic (exact) mass is 665 g/mol. The quantitative estimate of drug-likeness (QED) is 0.167. The molecule has 4 aromatic rings. The highest BCUT2D eigenvalue weighted by Gasteiger charge is 2.35. The lowest BCUT2D eigenvalue weighted by Crippen LogP contribution is -2.53. The number of carbonyl (C=O) groups is 2. The minimum absolute atomic E-state index is 0.00267. The number of sulfonamides is 1. The largest absolute Gasteiger partial charge is 0.354 e. The van der Waals surface area contributed by atoms with Crippen molar-refractivity contribution in [2.75, 3.05) is 17.4 Å². The summed E-state index contributed by atoms with van der Waals surface area (Å²) in [7, 11) is -4.23. The smallest absolute Gasteiger partial charge is 0.264 e. The van der Waals surface area contributed by atoms with E-state index in [4.69, 9.17) is 23.2 Å². The van der Waals surface area contributed by atoms with E-state index in [1.54, 1.807) is 36.4 Å². The van der Waals surface area contributed by atoms with Crippen molar-refractivity contribution < 1.29 is 18.0 Å². The number of hydrogen-bond donors (Lipinski definition) is 1. The SMILES string of the molecule is CCCNC(=O)[C@@H](Cc1ccccc1)N(Cc1ccccc1Cl)C(=O)CN(c1ccc(C)c(C)c1)S(=O)(=O)c1ccc(Cl)cc1. The first kappa shape index (κ1) is 34.0. The van der Waals surface area contributed by atoms with Crippen LogP contribution in [-0.2, 0) is 32.6 Å². The summed E-state index contributed by atoms with van der Waals surface area (Å²) in [6, 6.07) is 26.6. The number of amides is 2. The second-order valence-corrected chi connectivity index (χ2v) is 13.5. The molecule has 0 bridgehead atoms. The number of nitrogens with one attached hydrogen (secondary N) is 1. The summed E-state index contributed by atoms with van der Waals surface area (Å²) in [6.45, 7) is 5.63. The number of anilines is 1. The van der Waals surface area contributed by atoms with E-state index in [1.807, 2.05) is 57.2 Å². The van der Waals surface area contributed by atoms with Gasteiger partial charge < -0.3 is 10.2 Å². The molecule has 0 saturated heterocycles. The van der Waals surface area contributed by atoms with Crippen LogP contribution in [0.4, 0.5) is 5.69 Å². The lowest BCUT2D eigenvalue weighted by Gasteiger charge is -2.34. The normalized spacial score (nSPS) is 11.9. The molecule has 236 valence electrons. The Labute approximate surface area is 275 Å². The summed E-state index contributed by atoms with van der Waals surface area (Å²) in [4.78, 5) is 29.7. The van der Waals surface area contributed by atoms with Crippen LogP contribution in [-0.4, -0.2) is 44.3 Å². The first-order valence-electron chi connectivity index (χ1n) is 14.7. The number of carbonyl (C=O) groups excluding carboxylic acids is 2. The van der Waals surface area contributed by atoms with Gasteiger partial charge in [-0.3, -0.25) is 13.9 Å². The summed E-state index contributed by atoms with van der Waals surface area (Å²) in [5.41, 5.74) is 3.65. The van der Waals surface area contributed by atoms with Gasteiger partial charge in [-0.05, 0) is 85.0 Å². The molecule has 4 aromatic carbocycles.